The van der Waals surface area contributed by atoms with E-state index < -0.39 is 0 Å². The van der Waals surface area contributed by atoms with Crippen molar-refractivity contribution in [2.45, 2.75) is 12.8 Å². The fourth-order valence-electron chi connectivity index (χ4n) is 1.67. The number of benzene rings is 1. The van der Waals surface area contributed by atoms with Crippen LogP contribution in [-0.2, 0) is 6.42 Å². The van der Waals surface area contributed by atoms with Gasteiger partial charge in [-0.15, -0.1) is 0 Å². The minimum atomic E-state index is 0.233. The van der Waals surface area contributed by atoms with Gasteiger partial charge in [-0.1, -0.05) is 17.9 Å². The van der Waals surface area contributed by atoms with Crippen LogP contribution in [0.3, 0.4) is 0 Å². The van der Waals surface area contributed by atoms with Crippen molar-refractivity contribution in [1.82, 2.24) is 0 Å². The van der Waals surface area contributed by atoms with Crippen molar-refractivity contribution in [2.24, 2.45) is 5.73 Å². The van der Waals surface area contributed by atoms with Gasteiger partial charge in [0.25, 0.3) is 0 Å². The number of carbonyl (C=O) groups is 1. The highest BCUT2D eigenvalue weighted by molar-refractivity contribution is 6.00. The first-order valence-electron chi connectivity index (χ1n) is 4.66. The molecule has 0 fully saturated rings. The molecule has 0 spiro atoms. The molecule has 2 N–H and O–H groups in total. The molecule has 0 amide bonds. The van der Waals surface area contributed by atoms with Crippen LogP contribution in [0.25, 0.3) is 0 Å². The molecule has 0 bridgehead atoms. The monoisotopic (exact) mass is 185 g/mol. The fourth-order valence-corrected chi connectivity index (χ4v) is 1.67. The number of aryl methyl sites for hydroxylation is 1. The second kappa shape index (κ2) is 3.65. The number of hydrogen-bond acceptors (Lipinski definition) is 2. The molecule has 0 unspecified atom stereocenters. The van der Waals surface area contributed by atoms with E-state index in [9.17, 15) is 4.79 Å². The van der Waals surface area contributed by atoms with Gasteiger partial charge in [0.1, 0.15) is 0 Å². The molecule has 70 valence electrons. The first-order chi connectivity index (χ1) is 6.81. The summed E-state index contributed by atoms with van der Waals surface area (Å²) in [6.45, 7) is 0.352. The number of hydrogen-bond donors (Lipinski definition) is 1. The van der Waals surface area contributed by atoms with Crippen molar-refractivity contribution in [1.29, 1.82) is 0 Å². The Hall–Kier alpha value is -1.59. The van der Waals surface area contributed by atoms with Gasteiger partial charge in [-0.3, -0.25) is 4.79 Å². The van der Waals surface area contributed by atoms with Crippen LogP contribution in [0.1, 0.15) is 27.9 Å². The van der Waals surface area contributed by atoms with Crippen LogP contribution >= 0.6 is 0 Å². The molecule has 2 heteroatoms. The van der Waals surface area contributed by atoms with E-state index in [2.05, 4.69) is 11.8 Å². The number of rotatable bonds is 0. The summed E-state index contributed by atoms with van der Waals surface area (Å²) >= 11 is 0. The number of nitrogens with two attached hydrogens (primary N) is 1. The molecule has 1 aliphatic carbocycles. The zero-order chi connectivity index (χ0) is 9.97. The molecule has 0 aromatic heterocycles. The van der Waals surface area contributed by atoms with Gasteiger partial charge in [0.15, 0.2) is 5.78 Å². The molecule has 1 aromatic carbocycles. The SMILES string of the molecule is NCC#Cc1ccc2c(c1)C(=O)CC2. The Morgan fingerprint density at radius 1 is 1.36 bits per heavy atom. The molecular formula is C12H11NO. The summed E-state index contributed by atoms with van der Waals surface area (Å²) in [7, 11) is 0. The molecular weight excluding hydrogens is 174 g/mol. The van der Waals surface area contributed by atoms with E-state index in [0.29, 0.717) is 13.0 Å². The van der Waals surface area contributed by atoms with Gasteiger partial charge in [-0.25, -0.2) is 0 Å². The van der Waals surface area contributed by atoms with E-state index in [1.165, 1.54) is 0 Å². The van der Waals surface area contributed by atoms with Gasteiger partial charge in [0.05, 0.1) is 6.54 Å². The van der Waals surface area contributed by atoms with E-state index in [-0.39, 0.29) is 5.78 Å². The van der Waals surface area contributed by atoms with Crippen molar-refractivity contribution in [2.75, 3.05) is 6.54 Å². The zero-order valence-electron chi connectivity index (χ0n) is 7.84. The second-order valence-electron chi connectivity index (χ2n) is 3.30. The van der Waals surface area contributed by atoms with Gasteiger partial charge in [-0.05, 0) is 24.1 Å². The second-order valence-corrected chi connectivity index (χ2v) is 3.30. The molecule has 2 rings (SSSR count). The molecule has 0 saturated carbocycles. The predicted molar refractivity (Wildman–Crippen MR) is 55.0 cm³/mol. The summed E-state index contributed by atoms with van der Waals surface area (Å²) in [5.74, 6) is 5.94. The molecule has 2 nitrogen and oxygen atoms in total. The smallest absolute Gasteiger partial charge is 0.163 e. The van der Waals surface area contributed by atoms with Gasteiger partial charge in [-0.2, -0.15) is 0 Å². The minimum Gasteiger partial charge on any atom is -0.320 e. The predicted octanol–water partition coefficient (Wildman–Crippen LogP) is 1.13. The quantitative estimate of drug-likeness (QED) is 0.615. The van der Waals surface area contributed by atoms with Crippen LogP contribution in [0.15, 0.2) is 18.2 Å². The van der Waals surface area contributed by atoms with E-state index in [0.717, 1.165) is 23.1 Å². The highest BCUT2D eigenvalue weighted by Crippen LogP contribution is 2.22. The van der Waals surface area contributed by atoms with Crippen LogP contribution in [0.2, 0.25) is 0 Å². The number of Topliss-reactive ketones (excluding diaryl/α,β-unsaturated/α-hetero) is 1. The highest BCUT2D eigenvalue weighted by atomic mass is 16.1. The standard InChI is InChI=1S/C12H11NO/c13-7-1-2-9-3-4-10-5-6-12(14)11(10)8-9/h3-4,8H,5-7,13H2. The summed E-state index contributed by atoms with van der Waals surface area (Å²) in [5.41, 5.74) is 8.14. The fraction of sp³-hybridized carbons (Fsp3) is 0.250. The normalized spacial score (nSPS) is 13.4. The van der Waals surface area contributed by atoms with Crippen molar-refractivity contribution < 1.29 is 4.79 Å². The van der Waals surface area contributed by atoms with Crippen molar-refractivity contribution in [3.8, 4) is 11.8 Å². The molecule has 14 heavy (non-hydrogen) atoms. The van der Waals surface area contributed by atoms with Gasteiger partial charge < -0.3 is 5.73 Å². The Balaban J connectivity index is 2.39. The Morgan fingerprint density at radius 2 is 2.21 bits per heavy atom. The summed E-state index contributed by atoms with van der Waals surface area (Å²) < 4.78 is 0. The lowest BCUT2D eigenvalue weighted by atomic mass is 10.1. The average Bonchev–Trinajstić information content (AvgIpc) is 2.57. The summed E-state index contributed by atoms with van der Waals surface area (Å²) in [6, 6.07) is 5.80. The average molecular weight is 185 g/mol. The van der Waals surface area contributed by atoms with Crippen molar-refractivity contribution >= 4 is 5.78 Å². The zero-order valence-corrected chi connectivity index (χ0v) is 7.84. The molecule has 0 radical (unpaired) electrons. The topological polar surface area (TPSA) is 43.1 Å². The molecule has 0 aliphatic heterocycles. The lowest BCUT2D eigenvalue weighted by Crippen LogP contribution is -1.94. The van der Waals surface area contributed by atoms with E-state index in [1.54, 1.807) is 0 Å². The third-order valence-corrected chi connectivity index (χ3v) is 2.37. The van der Waals surface area contributed by atoms with Gasteiger partial charge >= 0.3 is 0 Å². The van der Waals surface area contributed by atoms with Gasteiger partial charge in [0.2, 0.25) is 0 Å². The van der Waals surface area contributed by atoms with Crippen LogP contribution in [0.4, 0.5) is 0 Å². The van der Waals surface area contributed by atoms with Crippen LogP contribution in [0.5, 0.6) is 0 Å². The Bertz CT molecular complexity index is 437. The van der Waals surface area contributed by atoms with Gasteiger partial charge in [0, 0.05) is 17.5 Å². The third kappa shape index (κ3) is 1.55. The van der Waals surface area contributed by atoms with Crippen molar-refractivity contribution in [3.63, 3.8) is 0 Å². The van der Waals surface area contributed by atoms with E-state index in [4.69, 9.17) is 5.73 Å². The summed E-state index contributed by atoms with van der Waals surface area (Å²) in [6.07, 6.45) is 1.52. The first-order valence-corrected chi connectivity index (χ1v) is 4.66. The Labute approximate surface area is 83.1 Å². The number of fused-ring (bicyclic) bond motifs is 1. The lowest BCUT2D eigenvalue weighted by Gasteiger charge is -1.97. The van der Waals surface area contributed by atoms with Crippen molar-refractivity contribution in [3.05, 3.63) is 34.9 Å². The molecule has 1 aliphatic rings. The van der Waals surface area contributed by atoms with E-state index in [1.807, 2.05) is 18.2 Å². The third-order valence-electron chi connectivity index (χ3n) is 2.37. The van der Waals surface area contributed by atoms with Crippen LogP contribution in [-0.4, -0.2) is 12.3 Å². The number of ketones is 1. The minimum absolute atomic E-state index is 0.233. The highest BCUT2D eigenvalue weighted by Gasteiger charge is 2.18. The Kier molecular flexibility index (Phi) is 2.34. The van der Waals surface area contributed by atoms with Crippen LogP contribution < -0.4 is 5.73 Å². The van der Waals surface area contributed by atoms with E-state index >= 15 is 0 Å². The summed E-state index contributed by atoms with van der Waals surface area (Å²) in [5, 5.41) is 0. The molecule has 0 atom stereocenters. The maximum Gasteiger partial charge on any atom is 0.163 e. The maximum absolute atomic E-state index is 11.4. The molecule has 0 heterocycles. The largest absolute Gasteiger partial charge is 0.320 e. The van der Waals surface area contributed by atoms with Crippen LogP contribution in [0, 0.1) is 11.8 Å². The molecule has 1 aromatic rings. The molecule has 0 saturated heterocycles. The lowest BCUT2D eigenvalue weighted by molar-refractivity contribution is 0.0994. The first kappa shape index (κ1) is 8.98. The summed E-state index contributed by atoms with van der Waals surface area (Å²) in [4.78, 5) is 11.4. The number of carbonyl (C=O) groups excluding carboxylic acids is 1. The Morgan fingerprint density at radius 3 is 3.00 bits per heavy atom. The maximum atomic E-state index is 11.4.